The second-order valence-corrected chi connectivity index (χ2v) is 6.62. The zero-order chi connectivity index (χ0) is 16.9. The van der Waals surface area contributed by atoms with Gasteiger partial charge >= 0.3 is 0 Å². The number of thiophene rings is 1. The van der Waals surface area contributed by atoms with Crippen molar-refractivity contribution in [3.63, 3.8) is 0 Å². The van der Waals surface area contributed by atoms with E-state index < -0.39 is 6.04 Å². The number of carbonyl (C=O) groups excluding carboxylic acids is 2. The van der Waals surface area contributed by atoms with E-state index in [0.717, 1.165) is 18.9 Å². The second kappa shape index (κ2) is 7.44. The fraction of sp³-hybridized carbons (Fsp3) is 0.353. The van der Waals surface area contributed by atoms with E-state index in [9.17, 15) is 9.59 Å². The highest BCUT2D eigenvalue weighted by Gasteiger charge is 2.26. The number of aromatic nitrogens is 1. The first kappa shape index (κ1) is 16.4. The largest absolute Gasteiger partial charge is 0.353 e. The molecule has 0 spiro atoms. The highest BCUT2D eigenvalue weighted by molar-refractivity contribution is 7.12. The van der Waals surface area contributed by atoms with Gasteiger partial charge < -0.3 is 15.1 Å². The predicted molar refractivity (Wildman–Crippen MR) is 94.3 cm³/mol. The van der Waals surface area contributed by atoms with Crippen LogP contribution >= 0.6 is 11.3 Å². The number of carbonyl (C=O) groups is 2. The summed E-state index contributed by atoms with van der Waals surface area (Å²) in [4.78, 5) is 33.5. The zero-order valence-electron chi connectivity index (χ0n) is 13.5. The van der Waals surface area contributed by atoms with Crippen molar-refractivity contribution in [1.29, 1.82) is 0 Å². The fourth-order valence-electron chi connectivity index (χ4n) is 2.71. The van der Waals surface area contributed by atoms with Crippen LogP contribution in [-0.4, -0.2) is 53.9 Å². The average molecular weight is 344 g/mol. The third kappa shape index (κ3) is 3.73. The van der Waals surface area contributed by atoms with E-state index in [-0.39, 0.29) is 11.8 Å². The summed E-state index contributed by atoms with van der Waals surface area (Å²) in [6.45, 7) is 4.49. The van der Waals surface area contributed by atoms with E-state index >= 15 is 0 Å². The average Bonchev–Trinajstić information content (AvgIpc) is 3.17. The molecule has 1 saturated heterocycles. The highest BCUT2D eigenvalue weighted by atomic mass is 32.1. The lowest BCUT2D eigenvalue weighted by Gasteiger charge is -2.36. The molecule has 3 rings (SSSR count). The predicted octanol–water partition coefficient (Wildman–Crippen LogP) is 1.61. The molecule has 6 nitrogen and oxygen atoms in total. The normalized spacial score (nSPS) is 15.9. The summed E-state index contributed by atoms with van der Waals surface area (Å²) in [7, 11) is 0. The van der Waals surface area contributed by atoms with Crippen molar-refractivity contribution < 1.29 is 9.59 Å². The van der Waals surface area contributed by atoms with E-state index in [0.29, 0.717) is 18.0 Å². The monoisotopic (exact) mass is 344 g/mol. The van der Waals surface area contributed by atoms with Gasteiger partial charge in [-0.3, -0.25) is 9.59 Å². The van der Waals surface area contributed by atoms with E-state index in [1.54, 1.807) is 24.1 Å². The summed E-state index contributed by atoms with van der Waals surface area (Å²) < 4.78 is 0. The number of hydrogen-bond acceptors (Lipinski definition) is 5. The molecule has 0 aromatic carbocycles. The van der Waals surface area contributed by atoms with Gasteiger partial charge in [-0.1, -0.05) is 12.1 Å². The topological polar surface area (TPSA) is 65.5 Å². The summed E-state index contributed by atoms with van der Waals surface area (Å²) in [6, 6.07) is 8.87. The molecule has 0 saturated carbocycles. The third-order valence-corrected chi connectivity index (χ3v) is 4.90. The van der Waals surface area contributed by atoms with Crippen molar-refractivity contribution in [3.8, 4) is 0 Å². The molecule has 0 bridgehead atoms. The van der Waals surface area contributed by atoms with E-state index in [1.165, 1.54) is 11.3 Å². The summed E-state index contributed by atoms with van der Waals surface area (Å²) in [5.41, 5.74) is 0. The Balaban J connectivity index is 1.52. The lowest BCUT2D eigenvalue weighted by atomic mass is 10.2. The Hall–Kier alpha value is -2.41. The van der Waals surface area contributed by atoms with Crippen molar-refractivity contribution in [3.05, 3.63) is 46.8 Å². The number of nitrogens with one attached hydrogen (secondary N) is 1. The van der Waals surface area contributed by atoms with Gasteiger partial charge in [0.1, 0.15) is 11.9 Å². The maximum absolute atomic E-state index is 12.5. The summed E-state index contributed by atoms with van der Waals surface area (Å²) in [5, 5.41) is 4.62. The van der Waals surface area contributed by atoms with Gasteiger partial charge in [-0.25, -0.2) is 4.98 Å². The minimum Gasteiger partial charge on any atom is -0.353 e. The Labute approximate surface area is 145 Å². The molecule has 0 aliphatic carbocycles. The van der Waals surface area contributed by atoms with Gasteiger partial charge in [-0.2, -0.15) is 0 Å². The van der Waals surface area contributed by atoms with Crippen LogP contribution in [0, 0.1) is 0 Å². The number of hydrogen-bond donors (Lipinski definition) is 1. The van der Waals surface area contributed by atoms with Crippen LogP contribution in [0.3, 0.4) is 0 Å². The molecule has 2 aromatic heterocycles. The lowest BCUT2D eigenvalue weighted by Crippen LogP contribution is -2.54. The van der Waals surface area contributed by atoms with Gasteiger partial charge in [0, 0.05) is 32.4 Å². The Kier molecular flexibility index (Phi) is 5.10. The first-order valence-electron chi connectivity index (χ1n) is 7.94. The molecule has 0 radical (unpaired) electrons. The van der Waals surface area contributed by atoms with E-state index in [1.807, 2.05) is 29.6 Å². The quantitative estimate of drug-likeness (QED) is 0.915. The standard InChI is InChI=1S/C17H20N4O2S/c1-13(19-16(22)14-5-4-12-24-14)17(23)21-10-8-20(9-11-21)15-6-2-3-7-18-15/h2-7,12-13H,8-11H2,1H3,(H,19,22). The van der Waals surface area contributed by atoms with Gasteiger partial charge in [0.2, 0.25) is 5.91 Å². The van der Waals surface area contributed by atoms with Gasteiger partial charge in [0.15, 0.2) is 0 Å². The number of pyridine rings is 1. The maximum atomic E-state index is 12.5. The van der Waals surface area contributed by atoms with Crippen LogP contribution in [-0.2, 0) is 4.79 Å². The first-order chi connectivity index (χ1) is 11.6. The van der Waals surface area contributed by atoms with Crippen molar-refractivity contribution >= 4 is 29.0 Å². The fourth-order valence-corrected chi connectivity index (χ4v) is 3.33. The maximum Gasteiger partial charge on any atom is 0.261 e. The lowest BCUT2D eigenvalue weighted by molar-refractivity contribution is -0.133. The van der Waals surface area contributed by atoms with Crippen LogP contribution in [0.1, 0.15) is 16.6 Å². The molecule has 2 amide bonds. The Morgan fingerprint density at radius 3 is 2.58 bits per heavy atom. The van der Waals surface area contributed by atoms with Crippen LogP contribution in [0.5, 0.6) is 0 Å². The molecule has 1 aliphatic rings. The van der Waals surface area contributed by atoms with Gasteiger partial charge in [-0.15, -0.1) is 11.3 Å². The molecule has 1 unspecified atom stereocenters. The minimum atomic E-state index is -0.527. The third-order valence-electron chi connectivity index (χ3n) is 4.03. The van der Waals surface area contributed by atoms with Crippen LogP contribution in [0.15, 0.2) is 41.9 Å². The molecule has 126 valence electrons. The Bertz CT molecular complexity index is 682. The second-order valence-electron chi connectivity index (χ2n) is 5.67. The SMILES string of the molecule is CC(NC(=O)c1cccs1)C(=O)N1CCN(c2ccccn2)CC1. The van der Waals surface area contributed by atoms with Crippen molar-refractivity contribution in [1.82, 2.24) is 15.2 Å². The molecule has 3 heterocycles. The molecule has 24 heavy (non-hydrogen) atoms. The van der Waals surface area contributed by atoms with Crippen LogP contribution in [0.25, 0.3) is 0 Å². The van der Waals surface area contributed by atoms with Crippen LogP contribution in [0.2, 0.25) is 0 Å². The number of anilines is 1. The zero-order valence-corrected chi connectivity index (χ0v) is 14.3. The summed E-state index contributed by atoms with van der Waals surface area (Å²) in [5.74, 6) is 0.696. The summed E-state index contributed by atoms with van der Waals surface area (Å²) in [6.07, 6.45) is 1.77. The molecule has 2 aromatic rings. The molecule has 1 atom stereocenters. The smallest absolute Gasteiger partial charge is 0.261 e. The van der Waals surface area contributed by atoms with Gasteiger partial charge in [0.05, 0.1) is 4.88 Å². The number of amides is 2. The summed E-state index contributed by atoms with van der Waals surface area (Å²) >= 11 is 1.37. The minimum absolute atomic E-state index is 0.0411. The highest BCUT2D eigenvalue weighted by Crippen LogP contribution is 2.13. The number of nitrogens with zero attached hydrogens (tertiary/aromatic N) is 3. The molecule has 1 fully saturated rings. The number of piperazine rings is 1. The van der Waals surface area contributed by atoms with E-state index in [2.05, 4.69) is 15.2 Å². The van der Waals surface area contributed by atoms with Crippen molar-refractivity contribution in [2.24, 2.45) is 0 Å². The van der Waals surface area contributed by atoms with Gasteiger partial charge in [0.25, 0.3) is 5.91 Å². The Morgan fingerprint density at radius 2 is 1.96 bits per heavy atom. The molecule has 1 aliphatic heterocycles. The van der Waals surface area contributed by atoms with Crippen LogP contribution < -0.4 is 10.2 Å². The van der Waals surface area contributed by atoms with E-state index in [4.69, 9.17) is 0 Å². The Morgan fingerprint density at radius 1 is 1.17 bits per heavy atom. The van der Waals surface area contributed by atoms with Crippen molar-refractivity contribution in [2.45, 2.75) is 13.0 Å². The van der Waals surface area contributed by atoms with Crippen LogP contribution in [0.4, 0.5) is 5.82 Å². The van der Waals surface area contributed by atoms with Gasteiger partial charge in [-0.05, 0) is 30.5 Å². The molecule has 7 heteroatoms. The number of rotatable bonds is 4. The molecular weight excluding hydrogens is 324 g/mol. The first-order valence-corrected chi connectivity index (χ1v) is 8.82. The molecular formula is C17H20N4O2S. The van der Waals surface area contributed by atoms with Crippen molar-refractivity contribution in [2.75, 3.05) is 31.1 Å². The molecule has 1 N–H and O–H groups in total.